The number of piperidine rings is 1. The third kappa shape index (κ3) is 6.30. The smallest absolute Gasteiger partial charge is 0.250 e. The first kappa shape index (κ1) is 26.0. The third-order valence-corrected chi connectivity index (χ3v) is 7.23. The van der Waals surface area contributed by atoms with Gasteiger partial charge in [0, 0.05) is 31.7 Å². The maximum Gasteiger partial charge on any atom is 0.250 e. The molecule has 7 nitrogen and oxygen atoms in total. The fraction of sp³-hybridized carbons (Fsp3) is 0.667. The molecule has 34 heavy (non-hydrogen) atoms. The first-order valence-corrected chi connectivity index (χ1v) is 13.2. The third-order valence-electron chi connectivity index (χ3n) is 7.23. The number of nitrogens with zero attached hydrogens (tertiary/aromatic N) is 3. The Morgan fingerprint density at radius 2 is 1.59 bits per heavy atom. The standard InChI is InChI=1S/C27H42N4O3/c1-3-5-6-7-8-9-13-16-25(33)29-19-17-27(18-20-29)26(34)30(21-24(32)28-4-2)22-31(27)23-14-11-10-12-15-23/h10-12,14-15H,3-9,13,16-22H2,1-2H3,(H,28,32). The van der Waals surface area contributed by atoms with E-state index in [2.05, 4.69) is 17.1 Å². The molecule has 1 N–H and O–H groups in total. The van der Waals surface area contributed by atoms with Crippen molar-refractivity contribution in [3.8, 4) is 0 Å². The van der Waals surface area contributed by atoms with Crippen LogP contribution in [-0.2, 0) is 14.4 Å². The minimum atomic E-state index is -0.691. The second kappa shape index (κ2) is 12.8. The van der Waals surface area contributed by atoms with E-state index < -0.39 is 5.54 Å². The molecule has 0 saturated carbocycles. The van der Waals surface area contributed by atoms with Gasteiger partial charge in [-0.1, -0.05) is 63.6 Å². The Morgan fingerprint density at radius 3 is 2.24 bits per heavy atom. The second-order valence-corrected chi connectivity index (χ2v) is 9.65. The number of rotatable bonds is 12. The minimum absolute atomic E-state index is 0.00165. The van der Waals surface area contributed by atoms with Gasteiger partial charge in [0.1, 0.15) is 12.1 Å². The van der Waals surface area contributed by atoms with Gasteiger partial charge in [0.05, 0.1) is 6.67 Å². The number of hydrogen-bond donors (Lipinski definition) is 1. The van der Waals surface area contributed by atoms with E-state index in [-0.39, 0.29) is 24.3 Å². The van der Waals surface area contributed by atoms with E-state index in [4.69, 9.17) is 0 Å². The van der Waals surface area contributed by atoms with Crippen LogP contribution in [0.5, 0.6) is 0 Å². The maximum atomic E-state index is 13.6. The van der Waals surface area contributed by atoms with Crippen molar-refractivity contribution in [2.45, 2.75) is 83.6 Å². The van der Waals surface area contributed by atoms with Crippen molar-refractivity contribution >= 4 is 23.4 Å². The molecule has 2 saturated heterocycles. The van der Waals surface area contributed by atoms with Gasteiger partial charge in [-0.25, -0.2) is 0 Å². The summed E-state index contributed by atoms with van der Waals surface area (Å²) in [5, 5.41) is 2.80. The lowest BCUT2D eigenvalue weighted by molar-refractivity contribution is -0.140. The number of amides is 3. The molecule has 0 radical (unpaired) electrons. The quantitative estimate of drug-likeness (QED) is 0.470. The zero-order valence-corrected chi connectivity index (χ0v) is 21.1. The van der Waals surface area contributed by atoms with Gasteiger partial charge in [0.2, 0.25) is 11.8 Å². The number of unbranched alkanes of at least 4 members (excludes halogenated alkanes) is 6. The van der Waals surface area contributed by atoms with E-state index in [9.17, 15) is 14.4 Å². The van der Waals surface area contributed by atoms with Crippen molar-refractivity contribution in [2.75, 3.05) is 37.7 Å². The summed E-state index contributed by atoms with van der Waals surface area (Å²) >= 11 is 0. The van der Waals surface area contributed by atoms with Gasteiger partial charge in [0.25, 0.3) is 5.91 Å². The van der Waals surface area contributed by atoms with Crippen LogP contribution in [0.1, 0.15) is 78.1 Å². The Kier molecular flexibility index (Phi) is 9.78. The summed E-state index contributed by atoms with van der Waals surface area (Å²) in [6.07, 6.45) is 10.2. The minimum Gasteiger partial charge on any atom is -0.355 e. The summed E-state index contributed by atoms with van der Waals surface area (Å²) in [6, 6.07) is 9.94. The molecule has 7 heteroatoms. The van der Waals surface area contributed by atoms with Crippen LogP contribution >= 0.6 is 0 Å². The zero-order chi connectivity index (χ0) is 24.4. The maximum absolute atomic E-state index is 13.6. The zero-order valence-electron chi connectivity index (χ0n) is 21.1. The topological polar surface area (TPSA) is 73.0 Å². The number of carbonyl (C=O) groups is 3. The van der Waals surface area contributed by atoms with E-state index in [1.54, 1.807) is 4.90 Å². The van der Waals surface area contributed by atoms with Gasteiger partial charge >= 0.3 is 0 Å². The molecular formula is C27H42N4O3. The monoisotopic (exact) mass is 470 g/mol. The highest BCUT2D eigenvalue weighted by atomic mass is 16.2. The summed E-state index contributed by atoms with van der Waals surface area (Å²) in [5.74, 6) is 0.0734. The molecular weight excluding hydrogens is 428 g/mol. The summed E-state index contributed by atoms with van der Waals surface area (Å²) in [4.78, 5) is 44.4. The van der Waals surface area contributed by atoms with E-state index in [0.29, 0.717) is 45.6 Å². The van der Waals surface area contributed by atoms with Crippen LogP contribution in [0.15, 0.2) is 30.3 Å². The highest BCUT2D eigenvalue weighted by Crippen LogP contribution is 2.39. The highest BCUT2D eigenvalue weighted by molar-refractivity contribution is 5.96. The average Bonchev–Trinajstić information content (AvgIpc) is 3.10. The molecule has 0 unspecified atom stereocenters. The summed E-state index contributed by atoms with van der Waals surface area (Å²) in [7, 11) is 0. The first-order chi connectivity index (χ1) is 16.5. The van der Waals surface area contributed by atoms with Crippen LogP contribution < -0.4 is 10.2 Å². The Balaban J connectivity index is 1.59. The van der Waals surface area contributed by atoms with Gasteiger partial charge in [0.15, 0.2) is 0 Å². The molecule has 1 aromatic rings. The van der Waals surface area contributed by atoms with E-state index in [0.717, 1.165) is 18.5 Å². The second-order valence-electron chi connectivity index (χ2n) is 9.65. The molecule has 0 aromatic heterocycles. The highest BCUT2D eigenvalue weighted by Gasteiger charge is 2.54. The number of carbonyl (C=O) groups excluding carboxylic acids is 3. The van der Waals surface area contributed by atoms with Crippen molar-refractivity contribution in [2.24, 2.45) is 0 Å². The molecule has 0 bridgehead atoms. The summed E-state index contributed by atoms with van der Waals surface area (Å²) < 4.78 is 0. The van der Waals surface area contributed by atoms with Gasteiger partial charge < -0.3 is 20.0 Å². The average molecular weight is 471 g/mol. The Hall–Kier alpha value is -2.57. The lowest BCUT2D eigenvalue weighted by Gasteiger charge is -2.43. The first-order valence-electron chi connectivity index (χ1n) is 13.2. The molecule has 1 aromatic carbocycles. The van der Waals surface area contributed by atoms with Gasteiger partial charge in [-0.2, -0.15) is 0 Å². The Bertz CT molecular complexity index is 805. The SMILES string of the molecule is CCCCCCCCCC(=O)N1CCC2(CC1)C(=O)N(CC(=O)NCC)CN2c1ccccc1. The van der Waals surface area contributed by atoms with Crippen molar-refractivity contribution in [1.82, 2.24) is 15.1 Å². The number of anilines is 1. The largest absolute Gasteiger partial charge is 0.355 e. The molecule has 0 aliphatic carbocycles. The number of hydrogen-bond acceptors (Lipinski definition) is 4. The van der Waals surface area contributed by atoms with Gasteiger partial charge in [-0.3, -0.25) is 14.4 Å². The number of likely N-dealkylation sites (tertiary alicyclic amines) is 1. The Labute approximate surface area is 204 Å². The predicted molar refractivity (Wildman–Crippen MR) is 135 cm³/mol. The van der Waals surface area contributed by atoms with E-state index in [1.807, 2.05) is 42.2 Å². The summed E-state index contributed by atoms with van der Waals surface area (Å²) in [6.45, 7) is 6.27. The predicted octanol–water partition coefficient (Wildman–Crippen LogP) is 3.93. The number of benzene rings is 1. The summed E-state index contributed by atoms with van der Waals surface area (Å²) in [5.41, 5.74) is 0.293. The molecule has 3 rings (SSSR count). The molecule has 2 fully saturated rings. The molecule has 3 amide bonds. The normalized spacial score (nSPS) is 17.5. The van der Waals surface area contributed by atoms with E-state index >= 15 is 0 Å². The van der Waals surface area contributed by atoms with Crippen molar-refractivity contribution in [3.63, 3.8) is 0 Å². The molecule has 2 aliphatic heterocycles. The van der Waals surface area contributed by atoms with Crippen LogP contribution in [0.25, 0.3) is 0 Å². The number of para-hydroxylation sites is 1. The van der Waals surface area contributed by atoms with Crippen molar-refractivity contribution in [3.05, 3.63) is 30.3 Å². The van der Waals surface area contributed by atoms with Crippen molar-refractivity contribution in [1.29, 1.82) is 0 Å². The van der Waals surface area contributed by atoms with E-state index in [1.165, 1.54) is 32.1 Å². The van der Waals surface area contributed by atoms with Crippen LogP contribution in [0, 0.1) is 0 Å². The lowest BCUT2D eigenvalue weighted by Crippen LogP contribution is -2.57. The van der Waals surface area contributed by atoms with Crippen LogP contribution in [0.3, 0.4) is 0 Å². The fourth-order valence-corrected chi connectivity index (χ4v) is 5.27. The number of likely N-dealkylation sites (N-methyl/N-ethyl adjacent to an activating group) is 1. The van der Waals surface area contributed by atoms with Crippen molar-refractivity contribution < 1.29 is 14.4 Å². The van der Waals surface area contributed by atoms with Gasteiger partial charge in [-0.05, 0) is 38.3 Å². The van der Waals surface area contributed by atoms with Crippen LogP contribution in [0.4, 0.5) is 5.69 Å². The molecule has 2 heterocycles. The van der Waals surface area contributed by atoms with Gasteiger partial charge in [-0.15, -0.1) is 0 Å². The number of nitrogens with one attached hydrogen (secondary N) is 1. The fourth-order valence-electron chi connectivity index (χ4n) is 5.27. The van der Waals surface area contributed by atoms with Crippen LogP contribution in [-0.4, -0.2) is 65.9 Å². The Morgan fingerprint density at radius 1 is 0.941 bits per heavy atom. The molecule has 2 aliphatic rings. The molecule has 1 spiro atoms. The lowest BCUT2D eigenvalue weighted by atomic mass is 9.85. The molecule has 0 atom stereocenters. The molecule has 188 valence electrons. The van der Waals surface area contributed by atoms with Crippen LogP contribution in [0.2, 0.25) is 0 Å².